The molecule has 3 heterocycles. The molecule has 0 saturated carbocycles. The Balaban J connectivity index is 1.33. The number of amides is 1. The minimum Gasteiger partial charge on any atom is -0.387 e. The quantitative estimate of drug-likeness (QED) is 0.719. The lowest BCUT2D eigenvalue weighted by Crippen LogP contribution is -2.53. The minimum absolute atomic E-state index is 0.0173. The molecule has 2 aliphatic heterocycles. The Bertz CT molecular complexity index is 1050. The molecule has 1 amide bonds. The Morgan fingerprint density at radius 3 is 2.53 bits per heavy atom. The van der Waals surface area contributed by atoms with Gasteiger partial charge in [-0.3, -0.25) is 4.79 Å². The first-order valence-corrected chi connectivity index (χ1v) is 12.3. The van der Waals surface area contributed by atoms with Crippen molar-refractivity contribution >= 4 is 11.7 Å². The van der Waals surface area contributed by atoms with Crippen LogP contribution in [0.4, 0.5) is 10.2 Å². The number of carbonyl (C=O) groups excluding carboxylic acids is 1. The molecule has 182 valence electrons. The molecule has 2 fully saturated rings. The maximum atomic E-state index is 13.8. The van der Waals surface area contributed by atoms with Gasteiger partial charge in [0.25, 0.3) is 0 Å². The first kappa shape index (κ1) is 23.2. The largest absolute Gasteiger partial charge is 0.387 e. The van der Waals surface area contributed by atoms with Crippen LogP contribution in [0, 0.1) is 5.82 Å². The highest BCUT2D eigenvalue weighted by atomic mass is 19.1. The van der Waals surface area contributed by atoms with Crippen LogP contribution < -0.4 is 10.2 Å². The zero-order valence-corrected chi connectivity index (χ0v) is 20.2. The van der Waals surface area contributed by atoms with Crippen molar-refractivity contribution < 1.29 is 14.3 Å². The molecule has 0 radical (unpaired) electrons. The lowest BCUT2D eigenvalue weighted by molar-refractivity contribution is -0.133. The summed E-state index contributed by atoms with van der Waals surface area (Å²) >= 11 is 0. The van der Waals surface area contributed by atoms with Gasteiger partial charge >= 0.3 is 0 Å². The summed E-state index contributed by atoms with van der Waals surface area (Å²) in [5.41, 5.74) is 2.62. The van der Waals surface area contributed by atoms with Crippen molar-refractivity contribution in [3.63, 3.8) is 0 Å². The Kier molecular flexibility index (Phi) is 6.06. The van der Waals surface area contributed by atoms with Crippen LogP contribution in [0.5, 0.6) is 0 Å². The van der Waals surface area contributed by atoms with E-state index in [0.717, 1.165) is 35.5 Å². The topological polar surface area (TPSA) is 81.6 Å². The van der Waals surface area contributed by atoms with E-state index in [1.807, 2.05) is 4.90 Å². The zero-order chi connectivity index (χ0) is 24.0. The second kappa shape index (κ2) is 8.89. The molecule has 8 heteroatoms. The molecule has 0 bridgehead atoms. The Morgan fingerprint density at radius 2 is 1.88 bits per heavy atom. The van der Waals surface area contributed by atoms with Crippen molar-refractivity contribution in [3.05, 3.63) is 53.2 Å². The number of nitrogens with zero attached hydrogens (tertiary/aromatic N) is 4. The number of piperazine rings is 1. The molecule has 1 aromatic carbocycles. The van der Waals surface area contributed by atoms with Crippen LogP contribution in [-0.2, 0) is 4.79 Å². The lowest BCUT2D eigenvalue weighted by Gasteiger charge is -2.39. The van der Waals surface area contributed by atoms with E-state index in [4.69, 9.17) is 0 Å². The number of hydrogen-bond donors (Lipinski definition) is 2. The summed E-state index contributed by atoms with van der Waals surface area (Å²) in [4.78, 5) is 26.9. The van der Waals surface area contributed by atoms with Crippen LogP contribution in [0.2, 0.25) is 0 Å². The molecule has 1 aliphatic carbocycles. The second-order valence-corrected chi connectivity index (χ2v) is 10.7. The molecule has 1 aromatic heterocycles. The number of benzene rings is 1. The molecular formula is C26H34FN5O2. The van der Waals surface area contributed by atoms with Gasteiger partial charge in [-0.15, -0.1) is 0 Å². The number of hydrogen-bond acceptors (Lipinski definition) is 6. The molecule has 2 saturated heterocycles. The number of aliphatic hydroxyl groups is 1. The summed E-state index contributed by atoms with van der Waals surface area (Å²) in [5, 5.41) is 14.0. The third-order valence-electron chi connectivity index (χ3n) is 7.72. The highest BCUT2D eigenvalue weighted by Crippen LogP contribution is 2.43. The molecule has 2 N–H and O–H groups in total. The molecule has 4 atom stereocenters. The van der Waals surface area contributed by atoms with Gasteiger partial charge in [-0.25, -0.2) is 14.4 Å². The fourth-order valence-corrected chi connectivity index (χ4v) is 5.92. The second-order valence-electron chi connectivity index (χ2n) is 10.7. The smallest absolute Gasteiger partial charge is 0.231 e. The third-order valence-corrected chi connectivity index (χ3v) is 7.72. The van der Waals surface area contributed by atoms with Crippen LogP contribution in [0.15, 0.2) is 30.6 Å². The zero-order valence-electron chi connectivity index (χ0n) is 20.2. The molecule has 2 aromatic rings. The molecule has 3 aliphatic rings. The van der Waals surface area contributed by atoms with E-state index in [-0.39, 0.29) is 35.1 Å². The standard InChI is InChI=1S/C26H34FN5O2/c1-16-14-20(33)23-21(16)24(29-15-28-23)31-10-12-32(13-11-31)25(34)22(17-4-6-18(27)7-5-17)19-8-9-26(2,3)30-19/h4-7,15-16,19-20,22,30,33H,8-14H2,1-3H3/t16-,19+,20-,22+/m1/s1. The number of fused-ring (bicyclic) bond motifs is 1. The van der Waals surface area contributed by atoms with Crippen molar-refractivity contribution in [2.75, 3.05) is 31.1 Å². The van der Waals surface area contributed by atoms with E-state index in [1.54, 1.807) is 12.1 Å². The van der Waals surface area contributed by atoms with Gasteiger partial charge in [0.15, 0.2) is 0 Å². The van der Waals surface area contributed by atoms with Crippen molar-refractivity contribution in [1.82, 2.24) is 20.2 Å². The number of nitrogens with one attached hydrogen (secondary N) is 1. The van der Waals surface area contributed by atoms with Crippen LogP contribution in [-0.4, -0.2) is 63.6 Å². The molecule has 34 heavy (non-hydrogen) atoms. The van der Waals surface area contributed by atoms with E-state index < -0.39 is 6.10 Å². The average Bonchev–Trinajstić information content (AvgIpc) is 3.33. The fraction of sp³-hybridized carbons (Fsp3) is 0.577. The van der Waals surface area contributed by atoms with E-state index in [1.165, 1.54) is 18.5 Å². The highest BCUT2D eigenvalue weighted by molar-refractivity contribution is 5.85. The van der Waals surface area contributed by atoms with Gasteiger partial charge in [-0.1, -0.05) is 19.1 Å². The normalized spacial score (nSPS) is 27.0. The Hall–Kier alpha value is -2.58. The predicted molar refractivity (Wildman–Crippen MR) is 128 cm³/mol. The first-order valence-electron chi connectivity index (χ1n) is 12.3. The van der Waals surface area contributed by atoms with E-state index in [0.29, 0.717) is 32.6 Å². The Labute approximate surface area is 200 Å². The van der Waals surface area contributed by atoms with Gasteiger partial charge in [-0.2, -0.15) is 0 Å². The summed E-state index contributed by atoms with van der Waals surface area (Å²) in [7, 11) is 0. The lowest BCUT2D eigenvalue weighted by atomic mass is 9.88. The summed E-state index contributed by atoms with van der Waals surface area (Å²) in [6, 6.07) is 6.41. The number of aromatic nitrogens is 2. The number of rotatable bonds is 4. The van der Waals surface area contributed by atoms with Crippen molar-refractivity contribution in [2.24, 2.45) is 0 Å². The van der Waals surface area contributed by atoms with Crippen LogP contribution in [0.3, 0.4) is 0 Å². The predicted octanol–water partition coefficient (Wildman–Crippen LogP) is 3.12. The fourth-order valence-electron chi connectivity index (χ4n) is 5.92. The van der Waals surface area contributed by atoms with Gasteiger partial charge in [-0.05, 0) is 56.7 Å². The molecule has 5 rings (SSSR count). The maximum Gasteiger partial charge on any atom is 0.231 e. The number of anilines is 1. The van der Waals surface area contributed by atoms with Gasteiger partial charge in [0.1, 0.15) is 18.0 Å². The SMILES string of the molecule is C[C@@H]1C[C@@H](O)c2ncnc(N3CCN(C(=O)[C@@H](c4ccc(F)cc4)[C@@H]4CCC(C)(C)N4)CC3)c21. The van der Waals surface area contributed by atoms with Crippen LogP contribution in [0.1, 0.15) is 74.8 Å². The Morgan fingerprint density at radius 1 is 1.18 bits per heavy atom. The summed E-state index contributed by atoms with van der Waals surface area (Å²) in [6.07, 6.45) is 3.58. The first-order chi connectivity index (χ1) is 16.2. The van der Waals surface area contributed by atoms with Crippen LogP contribution >= 0.6 is 0 Å². The monoisotopic (exact) mass is 467 g/mol. The number of carbonyl (C=O) groups is 1. The van der Waals surface area contributed by atoms with Crippen molar-refractivity contribution in [1.29, 1.82) is 0 Å². The average molecular weight is 468 g/mol. The highest BCUT2D eigenvalue weighted by Gasteiger charge is 2.41. The summed E-state index contributed by atoms with van der Waals surface area (Å²) < 4.78 is 13.6. The molecule has 0 unspecified atom stereocenters. The van der Waals surface area contributed by atoms with Gasteiger partial charge < -0.3 is 20.2 Å². The van der Waals surface area contributed by atoms with E-state index in [2.05, 4.69) is 41.0 Å². The molecular weight excluding hydrogens is 433 g/mol. The minimum atomic E-state index is -0.533. The summed E-state index contributed by atoms with van der Waals surface area (Å²) in [5.74, 6) is 0.557. The summed E-state index contributed by atoms with van der Waals surface area (Å²) in [6.45, 7) is 8.98. The van der Waals surface area contributed by atoms with Crippen molar-refractivity contribution in [3.8, 4) is 0 Å². The third kappa shape index (κ3) is 4.29. The van der Waals surface area contributed by atoms with Gasteiger partial charge in [0, 0.05) is 43.3 Å². The van der Waals surface area contributed by atoms with Gasteiger partial charge in [0.05, 0.1) is 17.7 Å². The van der Waals surface area contributed by atoms with Crippen LogP contribution in [0.25, 0.3) is 0 Å². The van der Waals surface area contributed by atoms with Crippen molar-refractivity contribution in [2.45, 2.75) is 69.6 Å². The van der Waals surface area contributed by atoms with E-state index in [9.17, 15) is 14.3 Å². The number of halogens is 1. The molecule has 0 spiro atoms. The molecule has 7 nitrogen and oxygen atoms in total. The maximum absolute atomic E-state index is 13.8. The number of aliphatic hydroxyl groups excluding tert-OH is 1. The van der Waals surface area contributed by atoms with E-state index >= 15 is 0 Å². The van der Waals surface area contributed by atoms with Gasteiger partial charge in [0.2, 0.25) is 5.91 Å².